The molecule has 6 heteroatoms. The SMILES string of the molecule is Cc1nc(C2CC2)cc(C(=O)Nc2cccc(C#N)c2)c1OCc1cccc(C#N)c1. The van der Waals surface area contributed by atoms with Crippen molar-refractivity contribution in [1.29, 1.82) is 10.5 Å². The van der Waals surface area contributed by atoms with E-state index in [-0.39, 0.29) is 12.5 Å². The summed E-state index contributed by atoms with van der Waals surface area (Å²) in [6, 6.07) is 19.9. The Morgan fingerprint density at radius 2 is 1.81 bits per heavy atom. The quantitative estimate of drug-likeness (QED) is 0.629. The maximum absolute atomic E-state index is 13.1. The molecule has 0 radical (unpaired) electrons. The molecule has 1 aromatic heterocycles. The lowest BCUT2D eigenvalue weighted by Gasteiger charge is -2.16. The predicted octanol–water partition coefficient (Wildman–Crippen LogP) is 4.84. The van der Waals surface area contributed by atoms with E-state index in [1.165, 1.54) is 0 Å². The summed E-state index contributed by atoms with van der Waals surface area (Å²) in [6.07, 6.45) is 2.14. The number of aromatic nitrogens is 1. The Morgan fingerprint density at radius 1 is 1.10 bits per heavy atom. The van der Waals surface area contributed by atoms with Crippen molar-refractivity contribution < 1.29 is 9.53 Å². The normalized spacial score (nSPS) is 12.5. The van der Waals surface area contributed by atoms with Crippen LogP contribution in [-0.4, -0.2) is 10.9 Å². The van der Waals surface area contributed by atoms with Gasteiger partial charge in [-0.1, -0.05) is 18.2 Å². The Hall–Kier alpha value is -4.16. The number of nitriles is 2. The number of pyridine rings is 1. The maximum atomic E-state index is 13.1. The highest BCUT2D eigenvalue weighted by Gasteiger charge is 2.28. The number of ether oxygens (including phenoxy) is 1. The first-order valence-corrected chi connectivity index (χ1v) is 10.0. The lowest BCUT2D eigenvalue weighted by Crippen LogP contribution is -2.16. The van der Waals surface area contributed by atoms with E-state index in [0.717, 1.165) is 24.1 Å². The lowest BCUT2D eigenvalue weighted by molar-refractivity contribution is 0.102. The van der Waals surface area contributed by atoms with Gasteiger partial charge in [0.25, 0.3) is 5.91 Å². The molecule has 0 unspecified atom stereocenters. The first kappa shape index (κ1) is 20.1. The molecular formula is C25H20N4O2. The van der Waals surface area contributed by atoms with Gasteiger partial charge in [0, 0.05) is 17.3 Å². The zero-order valence-corrected chi connectivity index (χ0v) is 17.1. The molecule has 0 bridgehead atoms. The number of rotatable bonds is 6. The molecule has 0 aliphatic heterocycles. The highest BCUT2D eigenvalue weighted by atomic mass is 16.5. The van der Waals surface area contributed by atoms with Crippen molar-refractivity contribution in [3.8, 4) is 17.9 Å². The average molecular weight is 408 g/mol. The van der Waals surface area contributed by atoms with Gasteiger partial charge in [-0.05, 0) is 61.7 Å². The number of hydrogen-bond donors (Lipinski definition) is 1. The summed E-state index contributed by atoms with van der Waals surface area (Å²) in [6.45, 7) is 2.05. The first-order chi connectivity index (χ1) is 15.1. The molecule has 0 saturated heterocycles. The molecule has 1 aliphatic carbocycles. The van der Waals surface area contributed by atoms with Crippen LogP contribution in [-0.2, 0) is 6.61 Å². The lowest BCUT2D eigenvalue weighted by atomic mass is 10.1. The van der Waals surface area contributed by atoms with Gasteiger partial charge in [0.15, 0.2) is 5.75 Å². The minimum absolute atomic E-state index is 0.213. The van der Waals surface area contributed by atoms with Gasteiger partial charge in [0.2, 0.25) is 0 Å². The zero-order valence-electron chi connectivity index (χ0n) is 17.1. The van der Waals surface area contributed by atoms with Gasteiger partial charge in [0.1, 0.15) is 6.61 Å². The zero-order chi connectivity index (χ0) is 21.8. The van der Waals surface area contributed by atoms with E-state index in [4.69, 9.17) is 15.3 Å². The molecule has 1 saturated carbocycles. The Morgan fingerprint density at radius 3 is 2.52 bits per heavy atom. The smallest absolute Gasteiger partial charge is 0.259 e. The van der Waals surface area contributed by atoms with Crippen LogP contribution in [0.4, 0.5) is 5.69 Å². The molecule has 1 heterocycles. The Balaban J connectivity index is 1.63. The summed E-state index contributed by atoms with van der Waals surface area (Å²) in [5.41, 5.74) is 4.35. The molecule has 1 N–H and O–H groups in total. The van der Waals surface area contributed by atoms with Crippen molar-refractivity contribution in [3.05, 3.63) is 88.2 Å². The fourth-order valence-corrected chi connectivity index (χ4v) is 3.38. The molecule has 152 valence electrons. The van der Waals surface area contributed by atoms with Gasteiger partial charge in [-0.25, -0.2) is 0 Å². The van der Waals surface area contributed by atoms with Crippen LogP contribution in [0.1, 0.15) is 57.2 Å². The summed E-state index contributed by atoms with van der Waals surface area (Å²) in [7, 11) is 0. The number of anilines is 1. The van der Waals surface area contributed by atoms with Gasteiger partial charge in [0.05, 0.1) is 34.5 Å². The molecule has 1 aliphatic rings. The second-order valence-electron chi connectivity index (χ2n) is 7.53. The van der Waals surface area contributed by atoms with Crippen molar-refractivity contribution in [2.24, 2.45) is 0 Å². The minimum Gasteiger partial charge on any atom is -0.486 e. The van der Waals surface area contributed by atoms with E-state index >= 15 is 0 Å². The van der Waals surface area contributed by atoms with E-state index in [0.29, 0.717) is 39.7 Å². The van der Waals surface area contributed by atoms with Gasteiger partial charge in [-0.2, -0.15) is 10.5 Å². The van der Waals surface area contributed by atoms with Crippen LogP contribution in [0.2, 0.25) is 0 Å². The van der Waals surface area contributed by atoms with Crippen LogP contribution >= 0.6 is 0 Å². The Kier molecular flexibility index (Phi) is 5.64. The Labute approximate surface area is 180 Å². The monoisotopic (exact) mass is 408 g/mol. The van der Waals surface area contributed by atoms with Crippen LogP contribution < -0.4 is 10.1 Å². The van der Waals surface area contributed by atoms with E-state index in [1.807, 2.05) is 13.0 Å². The molecule has 1 fully saturated rings. The minimum atomic E-state index is -0.316. The second kappa shape index (κ2) is 8.69. The highest BCUT2D eigenvalue weighted by molar-refractivity contribution is 6.06. The third-order valence-corrected chi connectivity index (χ3v) is 5.09. The number of carbonyl (C=O) groups excluding carboxylic acids is 1. The molecule has 0 atom stereocenters. The number of amides is 1. The molecule has 1 amide bonds. The summed E-state index contributed by atoms with van der Waals surface area (Å²) in [5.74, 6) is 0.484. The number of aryl methyl sites for hydroxylation is 1. The van der Waals surface area contributed by atoms with Crippen molar-refractivity contribution in [2.75, 3.05) is 5.32 Å². The topological polar surface area (TPSA) is 98.8 Å². The number of nitrogens with one attached hydrogen (secondary N) is 1. The Bertz CT molecular complexity index is 1230. The predicted molar refractivity (Wildman–Crippen MR) is 116 cm³/mol. The summed E-state index contributed by atoms with van der Waals surface area (Å²) < 4.78 is 6.03. The average Bonchev–Trinajstić information content (AvgIpc) is 3.63. The third kappa shape index (κ3) is 4.71. The maximum Gasteiger partial charge on any atom is 0.259 e. The van der Waals surface area contributed by atoms with Gasteiger partial charge in [-0.3, -0.25) is 9.78 Å². The van der Waals surface area contributed by atoms with Crippen molar-refractivity contribution in [2.45, 2.75) is 32.3 Å². The van der Waals surface area contributed by atoms with Crippen LogP contribution in [0.15, 0.2) is 54.6 Å². The summed E-state index contributed by atoms with van der Waals surface area (Å²) in [4.78, 5) is 17.8. The largest absolute Gasteiger partial charge is 0.486 e. The number of carbonyl (C=O) groups is 1. The first-order valence-electron chi connectivity index (χ1n) is 10.0. The van der Waals surface area contributed by atoms with Gasteiger partial charge < -0.3 is 10.1 Å². The van der Waals surface area contributed by atoms with Crippen molar-refractivity contribution in [1.82, 2.24) is 4.98 Å². The number of nitrogens with zero attached hydrogens (tertiary/aromatic N) is 3. The van der Waals surface area contributed by atoms with Crippen molar-refractivity contribution in [3.63, 3.8) is 0 Å². The summed E-state index contributed by atoms with van der Waals surface area (Å²) in [5, 5.41) is 21.1. The van der Waals surface area contributed by atoms with E-state index in [1.54, 1.807) is 48.5 Å². The third-order valence-electron chi connectivity index (χ3n) is 5.09. The molecule has 2 aromatic carbocycles. The van der Waals surface area contributed by atoms with Crippen molar-refractivity contribution >= 4 is 11.6 Å². The number of benzene rings is 2. The van der Waals surface area contributed by atoms with Crippen LogP contribution in [0.25, 0.3) is 0 Å². The van der Waals surface area contributed by atoms with E-state index in [2.05, 4.69) is 22.4 Å². The van der Waals surface area contributed by atoms with Crippen LogP contribution in [0.3, 0.4) is 0 Å². The molecule has 3 aromatic rings. The second-order valence-corrected chi connectivity index (χ2v) is 7.53. The standard InChI is InChI=1S/C25H20N4O2/c1-16-24(31-15-19-6-2-4-17(10-19)13-26)22(12-23(28-16)20-8-9-20)25(30)29-21-7-3-5-18(11-21)14-27/h2-7,10-12,20H,8-9,15H2,1H3,(H,29,30). The number of hydrogen-bond acceptors (Lipinski definition) is 5. The summed E-state index contributed by atoms with van der Waals surface area (Å²) >= 11 is 0. The molecule has 31 heavy (non-hydrogen) atoms. The molecular weight excluding hydrogens is 388 g/mol. The molecule has 0 spiro atoms. The van der Waals surface area contributed by atoms with E-state index in [9.17, 15) is 4.79 Å². The van der Waals surface area contributed by atoms with Crippen LogP contribution in [0, 0.1) is 29.6 Å². The van der Waals surface area contributed by atoms with Crippen LogP contribution in [0.5, 0.6) is 5.75 Å². The fraction of sp³-hybridized carbons (Fsp3) is 0.200. The van der Waals surface area contributed by atoms with Gasteiger partial charge in [-0.15, -0.1) is 0 Å². The van der Waals surface area contributed by atoms with E-state index < -0.39 is 0 Å². The fourth-order valence-electron chi connectivity index (χ4n) is 3.38. The highest BCUT2D eigenvalue weighted by Crippen LogP contribution is 2.41. The molecule has 6 nitrogen and oxygen atoms in total. The van der Waals surface area contributed by atoms with Gasteiger partial charge >= 0.3 is 0 Å². The molecule has 4 rings (SSSR count).